The molecule has 1 unspecified atom stereocenters. The van der Waals surface area contributed by atoms with Crippen molar-refractivity contribution in [2.24, 2.45) is 5.73 Å². The number of nitrogens with one attached hydrogen (secondary N) is 1. The summed E-state index contributed by atoms with van der Waals surface area (Å²) in [7, 11) is 2.73. The van der Waals surface area contributed by atoms with Crippen LogP contribution in [-0.2, 0) is 9.59 Å². The first kappa shape index (κ1) is 19.5. The summed E-state index contributed by atoms with van der Waals surface area (Å²) in [5.41, 5.74) is 4.99. The van der Waals surface area contributed by atoms with Gasteiger partial charge in [-0.25, -0.2) is 4.79 Å². The van der Waals surface area contributed by atoms with E-state index in [1.54, 1.807) is 6.07 Å². The molecule has 1 aromatic rings. The zero-order valence-electron chi connectivity index (χ0n) is 12.0. The van der Waals surface area contributed by atoms with Crippen LogP contribution in [0.2, 0.25) is 0 Å². The zero-order valence-corrected chi connectivity index (χ0v) is 12.8. The molecular weight excluding hydrogens is 316 g/mol. The van der Waals surface area contributed by atoms with Crippen molar-refractivity contribution in [1.29, 1.82) is 0 Å². The summed E-state index contributed by atoms with van der Waals surface area (Å²) >= 11 is 0. The maximum absolute atomic E-state index is 12.2. The van der Waals surface area contributed by atoms with E-state index in [2.05, 4.69) is 5.32 Å². The average Bonchev–Trinajstić information content (AvgIpc) is 2.44. The molecule has 0 fully saturated rings. The number of methoxy groups -OCH3 is 2. The molecule has 0 heterocycles. The summed E-state index contributed by atoms with van der Waals surface area (Å²) in [6.45, 7) is 0. The van der Waals surface area contributed by atoms with Gasteiger partial charge in [-0.3, -0.25) is 9.59 Å². The van der Waals surface area contributed by atoms with Crippen molar-refractivity contribution >= 4 is 30.2 Å². The Morgan fingerprint density at radius 2 is 1.73 bits per heavy atom. The lowest BCUT2D eigenvalue weighted by Gasteiger charge is -2.16. The first-order valence-electron chi connectivity index (χ1n) is 5.93. The van der Waals surface area contributed by atoms with Crippen molar-refractivity contribution in [1.82, 2.24) is 5.32 Å². The van der Waals surface area contributed by atoms with Crippen LogP contribution in [0.3, 0.4) is 0 Å². The normalized spacial score (nSPS) is 10.8. The van der Waals surface area contributed by atoms with Crippen LogP contribution in [0.15, 0.2) is 18.2 Å². The third-order valence-electron chi connectivity index (χ3n) is 2.66. The van der Waals surface area contributed by atoms with Gasteiger partial charge in [0.15, 0.2) is 0 Å². The van der Waals surface area contributed by atoms with Crippen molar-refractivity contribution in [3.05, 3.63) is 23.8 Å². The molecule has 9 heteroatoms. The molecule has 0 bridgehead atoms. The summed E-state index contributed by atoms with van der Waals surface area (Å²) in [6.07, 6.45) is -0.515. The van der Waals surface area contributed by atoms with Gasteiger partial charge < -0.3 is 25.6 Å². The number of carboxylic acids is 1. The fourth-order valence-corrected chi connectivity index (χ4v) is 1.71. The number of primary amides is 1. The minimum Gasteiger partial charge on any atom is -0.496 e. The third kappa shape index (κ3) is 4.81. The molecule has 0 aliphatic heterocycles. The predicted molar refractivity (Wildman–Crippen MR) is 79.5 cm³/mol. The van der Waals surface area contributed by atoms with Gasteiger partial charge >= 0.3 is 5.97 Å². The van der Waals surface area contributed by atoms with Crippen molar-refractivity contribution in [3.8, 4) is 11.5 Å². The third-order valence-corrected chi connectivity index (χ3v) is 2.66. The number of ether oxygens (including phenoxy) is 2. The molecule has 8 nitrogen and oxygen atoms in total. The maximum Gasteiger partial charge on any atom is 0.326 e. The Morgan fingerprint density at radius 3 is 2.09 bits per heavy atom. The molecule has 0 aromatic heterocycles. The molecule has 0 aliphatic carbocycles. The summed E-state index contributed by atoms with van der Waals surface area (Å²) in [5.74, 6) is -2.51. The van der Waals surface area contributed by atoms with Crippen LogP contribution < -0.4 is 20.5 Å². The van der Waals surface area contributed by atoms with E-state index < -0.39 is 30.2 Å². The van der Waals surface area contributed by atoms with Crippen LogP contribution in [0.5, 0.6) is 11.5 Å². The lowest BCUT2D eigenvalue weighted by Crippen LogP contribution is -2.43. The number of benzene rings is 1. The van der Waals surface area contributed by atoms with Crippen LogP contribution >= 0.6 is 12.4 Å². The zero-order chi connectivity index (χ0) is 16.0. The van der Waals surface area contributed by atoms with E-state index in [1.165, 1.54) is 26.4 Å². The topological polar surface area (TPSA) is 128 Å². The van der Waals surface area contributed by atoms with Gasteiger partial charge in [0.25, 0.3) is 5.91 Å². The standard InChI is InChI=1S/C13H16N2O6.ClH/c1-20-8-4-3-5-9(21-2)11(8)12(17)15-7(13(18)19)6-10(14)16;/h3-5,7H,6H2,1-2H3,(H2,14,16)(H,15,17)(H,18,19);1H. The number of halogens is 1. The molecule has 0 saturated carbocycles. The number of hydrogen-bond donors (Lipinski definition) is 3. The molecular formula is C13H17ClN2O6. The van der Waals surface area contributed by atoms with E-state index in [0.717, 1.165) is 0 Å². The van der Waals surface area contributed by atoms with Crippen molar-refractivity contribution < 1.29 is 29.0 Å². The molecule has 1 aromatic carbocycles. The molecule has 0 saturated heterocycles. The van der Waals surface area contributed by atoms with Crippen molar-refractivity contribution in [2.45, 2.75) is 12.5 Å². The number of carbonyl (C=O) groups is 3. The highest BCUT2D eigenvalue weighted by atomic mass is 35.5. The van der Waals surface area contributed by atoms with Crippen molar-refractivity contribution in [3.63, 3.8) is 0 Å². The highest BCUT2D eigenvalue weighted by Gasteiger charge is 2.26. The number of amides is 2. The molecule has 0 aliphatic rings. The number of rotatable bonds is 7. The number of nitrogens with two attached hydrogens (primary N) is 1. The van der Waals surface area contributed by atoms with Gasteiger partial charge in [-0.15, -0.1) is 12.4 Å². The van der Waals surface area contributed by atoms with Gasteiger partial charge in [0.1, 0.15) is 23.1 Å². The summed E-state index contributed by atoms with van der Waals surface area (Å²) in [4.78, 5) is 34.1. The van der Waals surface area contributed by atoms with Gasteiger partial charge in [0.2, 0.25) is 5.91 Å². The first-order valence-corrected chi connectivity index (χ1v) is 5.93. The Kier molecular flexibility index (Phi) is 7.74. The fraction of sp³-hybridized carbons (Fsp3) is 0.308. The Morgan fingerprint density at radius 1 is 1.23 bits per heavy atom. The number of carbonyl (C=O) groups excluding carboxylic acids is 2. The molecule has 0 spiro atoms. The van der Waals surface area contributed by atoms with Crippen LogP contribution in [0.4, 0.5) is 0 Å². The quantitative estimate of drug-likeness (QED) is 0.653. The fourth-order valence-electron chi connectivity index (χ4n) is 1.71. The molecule has 0 radical (unpaired) electrons. The Labute approximate surface area is 133 Å². The van der Waals surface area contributed by atoms with Gasteiger partial charge in [0, 0.05) is 0 Å². The highest BCUT2D eigenvalue weighted by molar-refractivity contribution is 6.02. The van der Waals surface area contributed by atoms with Crippen LogP contribution in [-0.4, -0.2) is 43.2 Å². The van der Waals surface area contributed by atoms with E-state index in [-0.39, 0.29) is 29.5 Å². The smallest absolute Gasteiger partial charge is 0.326 e. The molecule has 122 valence electrons. The van der Waals surface area contributed by atoms with Gasteiger partial charge in [0.05, 0.1) is 20.6 Å². The highest BCUT2D eigenvalue weighted by Crippen LogP contribution is 2.28. The second kappa shape index (κ2) is 8.73. The van der Waals surface area contributed by atoms with E-state index in [1.807, 2.05) is 0 Å². The first-order chi connectivity index (χ1) is 9.90. The van der Waals surface area contributed by atoms with Crippen LogP contribution in [0, 0.1) is 0 Å². The molecule has 1 atom stereocenters. The minimum absolute atomic E-state index is 0. The van der Waals surface area contributed by atoms with E-state index in [0.29, 0.717) is 0 Å². The van der Waals surface area contributed by atoms with Gasteiger partial charge in [-0.1, -0.05) is 6.07 Å². The van der Waals surface area contributed by atoms with Gasteiger partial charge in [-0.05, 0) is 12.1 Å². The number of aliphatic carboxylic acids is 1. The molecule has 2 amide bonds. The minimum atomic E-state index is -1.43. The van der Waals surface area contributed by atoms with E-state index in [9.17, 15) is 14.4 Å². The second-order valence-electron chi connectivity index (χ2n) is 4.07. The van der Waals surface area contributed by atoms with Crippen LogP contribution in [0.1, 0.15) is 16.8 Å². The SMILES string of the molecule is COc1cccc(OC)c1C(=O)NC(CC(N)=O)C(=O)O.Cl. The number of hydrogen-bond acceptors (Lipinski definition) is 5. The Bertz CT molecular complexity index is 541. The van der Waals surface area contributed by atoms with E-state index in [4.69, 9.17) is 20.3 Å². The maximum atomic E-state index is 12.2. The lowest BCUT2D eigenvalue weighted by molar-refractivity contribution is -0.140. The summed E-state index contributed by atoms with van der Waals surface area (Å²) in [5, 5.41) is 11.2. The molecule has 4 N–H and O–H groups in total. The van der Waals surface area contributed by atoms with Crippen LogP contribution in [0.25, 0.3) is 0 Å². The predicted octanol–water partition coefficient (Wildman–Crippen LogP) is 0.184. The molecule has 1 rings (SSSR count). The Balaban J connectivity index is 0.00000441. The van der Waals surface area contributed by atoms with Gasteiger partial charge in [-0.2, -0.15) is 0 Å². The largest absolute Gasteiger partial charge is 0.496 e. The monoisotopic (exact) mass is 332 g/mol. The average molecular weight is 333 g/mol. The summed E-state index contributed by atoms with van der Waals surface area (Å²) in [6, 6.07) is 3.25. The molecule has 22 heavy (non-hydrogen) atoms. The summed E-state index contributed by atoms with van der Waals surface area (Å²) < 4.78 is 10.1. The lowest BCUT2D eigenvalue weighted by atomic mass is 10.1. The van der Waals surface area contributed by atoms with E-state index >= 15 is 0 Å². The Hall–Kier alpha value is -2.48. The number of carboxylic acid groups (broad SMARTS) is 1. The van der Waals surface area contributed by atoms with Crippen molar-refractivity contribution in [2.75, 3.05) is 14.2 Å². The second-order valence-corrected chi connectivity index (χ2v) is 4.07.